The number of piperidine rings is 1. The number of halogens is 2. The monoisotopic (exact) mass is 731 g/mol. The lowest BCUT2D eigenvalue weighted by molar-refractivity contribution is -0.132. The van der Waals surface area contributed by atoms with E-state index in [-0.39, 0.29) is 41.2 Å². The Balaban J connectivity index is 1.32. The van der Waals surface area contributed by atoms with E-state index in [1.807, 2.05) is 76.2 Å². The molecule has 0 N–H and O–H groups in total. The second kappa shape index (κ2) is 13.1. The van der Waals surface area contributed by atoms with Gasteiger partial charge in [0.2, 0.25) is 5.91 Å². The zero-order chi connectivity index (χ0) is 36.5. The summed E-state index contributed by atoms with van der Waals surface area (Å²) in [7, 11) is 1.70. The number of fused-ring (bicyclic) bond motifs is 1. The van der Waals surface area contributed by atoms with E-state index in [0.29, 0.717) is 53.4 Å². The van der Waals surface area contributed by atoms with Gasteiger partial charge in [0, 0.05) is 72.6 Å². The highest BCUT2D eigenvalue weighted by atomic mass is 35.5. The minimum atomic E-state index is -1.03. The number of urea groups is 1. The van der Waals surface area contributed by atoms with Gasteiger partial charge in [0.05, 0.1) is 18.3 Å². The maximum absolute atomic E-state index is 15.3. The van der Waals surface area contributed by atoms with Gasteiger partial charge in [-0.1, -0.05) is 68.2 Å². The first kappa shape index (κ1) is 35.7. The number of carbonyl (C=O) groups excluding carboxylic acids is 2. The molecule has 1 aromatic heterocycles. The van der Waals surface area contributed by atoms with Crippen LogP contribution in [0.5, 0.6) is 5.75 Å². The number of benzene rings is 2. The number of pyridine rings is 1. The molecule has 3 aromatic rings. The maximum atomic E-state index is 15.3. The second-order valence-corrected chi connectivity index (χ2v) is 16.5. The molecule has 1 aliphatic carbocycles. The first-order chi connectivity index (χ1) is 24.2. The van der Waals surface area contributed by atoms with Crippen LogP contribution in [0.2, 0.25) is 10.0 Å². The van der Waals surface area contributed by atoms with Gasteiger partial charge in [-0.3, -0.25) is 19.7 Å². The highest BCUT2D eigenvalue weighted by Gasteiger charge is 2.65. The predicted octanol–water partition coefficient (Wildman–Crippen LogP) is 7.52. The second-order valence-electron chi connectivity index (χ2n) is 15.6. The Kier molecular flexibility index (Phi) is 9.16. The lowest BCUT2D eigenvalue weighted by Gasteiger charge is -2.46. The molecule has 51 heavy (non-hydrogen) atoms. The largest absolute Gasteiger partial charge is 0.493 e. The van der Waals surface area contributed by atoms with E-state index in [2.05, 4.69) is 34.6 Å². The van der Waals surface area contributed by atoms with Crippen molar-refractivity contribution in [1.29, 1.82) is 0 Å². The van der Waals surface area contributed by atoms with E-state index < -0.39 is 11.1 Å². The SMILES string of the molecule is CCOc1cc(C(C)(C)C)ncc1C1=N[C@@](C)(c2ccc(Cl)cc2)[C@@](C)(c2ccc(Cl)cc2)N1C(=O)N1C[C@@H]2C(C(=O)N3CC[C@@H](OC)C3)[C@@H]2C1. The molecular formula is C40H47Cl2N5O4. The molecule has 3 aliphatic heterocycles. The Morgan fingerprint density at radius 1 is 0.922 bits per heavy atom. The molecule has 4 aliphatic rings. The van der Waals surface area contributed by atoms with Crippen LogP contribution >= 0.6 is 23.2 Å². The van der Waals surface area contributed by atoms with Crippen molar-refractivity contribution in [3.05, 3.63) is 93.2 Å². The van der Waals surface area contributed by atoms with Gasteiger partial charge < -0.3 is 19.3 Å². The summed E-state index contributed by atoms with van der Waals surface area (Å²) in [5.74, 6) is 1.47. The summed E-state index contributed by atoms with van der Waals surface area (Å²) in [5, 5.41) is 1.21. The fourth-order valence-electron chi connectivity index (χ4n) is 8.38. The van der Waals surface area contributed by atoms with Crippen LogP contribution in [0.1, 0.15) is 70.3 Å². The van der Waals surface area contributed by atoms with Gasteiger partial charge in [-0.05, 0) is 74.4 Å². The number of rotatable bonds is 7. The third-order valence-electron chi connectivity index (χ3n) is 11.7. The van der Waals surface area contributed by atoms with Gasteiger partial charge in [-0.2, -0.15) is 0 Å². The first-order valence-electron chi connectivity index (χ1n) is 17.9. The van der Waals surface area contributed by atoms with Gasteiger partial charge >= 0.3 is 6.03 Å². The number of methoxy groups -OCH3 is 1. The average Bonchev–Trinajstić information content (AvgIpc) is 3.43. The van der Waals surface area contributed by atoms with E-state index in [9.17, 15) is 4.79 Å². The summed E-state index contributed by atoms with van der Waals surface area (Å²) < 4.78 is 11.8. The van der Waals surface area contributed by atoms with E-state index in [1.54, 1.807) is 13.3 Å². The molecule has 7 rings (SSSR count). The molecule has 0 spiro atoms. The third-order valence-corrected chi connectivity index (χ3v) is 12.2. The minimum absolute atomic E-state index is 0.0583. The van der Waals surface area contributed by atoms with Crippen LogP contribution in [-0.2, 0) is 26.0 Å². The number of likely N-dealkylation sites (tertiary alicyclic amines) is 2. The molecule has 0 bridgehead atoms. The fraction of sp³-hybridized carbons (Fsp3) is 0.500. The Hall–Kier alpha value is -3.66. The molecular weight excluding hydrogens is 685 g/mol. The first-order valence-corrected chi connectivity index (χ1v) is 18.6. The zero-order valence-corrected chi connectivity index (χ0v) is 32.0. The lowest BCUT2D eigenvalue weighted by Crippen LogP contribution is -2.58. The van der Waals surface area contributed by atoms with Crippen LogP contribution in [-0.4, -0.2) is 83.5 Å². The molecule has 270 valence electrons. The number of aromatic nitrogens is 1. The van der Waals surface area contributed by atoms with Gasteiger partial charge in [0.15, 0.2) is 0 Å². The maximum Gasteiger partial charge on any atom is 0.326 e. The van der Waals surface area contributed by atoms with Crippen LogP contribution in [0.15, 0.2) is 65.8 Å². The summed E-state index contributed by atoms with van der Waals surface area (Å²) in [6, 6.07) is 17.1. The van der Waals surface area contributed by atoms with E-state index in [0.717, 1.165) is 29.8 Å². The predicted molar refractivity (Wildman–Crippen MR) is 200 cm³/mol. The van der Waals surface area contributed by atoms with Gasteiger partial charge in [-0.15, -0.1) is 0 Å². The molecule has 1 unspecified atom stereocenters. The van der Waals surface area contributed by atoms with Crippen LogP contribution in [0.4, 0.5) is 4.79 Å². The third kappa shape index (κ3) is 5.99. The van der Waals surface area contributed by atoms with Gasteiger partial charge in [-0.25, -0.2) is 4.79 Å². The van der Waals surface area contributed by atoms with Crippen molar-refractivity contribution in [2.45, 2.75) is 70.6 Å². The quantitative estimate of drug-likeness (QED) is 0.251. The van der Waals surface area contributed by atoms with Crippen molar-refractivity contribution in [3.8, 4) is 5.75 Å². The van der Waals surface area contributed by atoms with Crippen molar-refractivity contribution in [3.63, 3.8) is 0 Å². The summed E-state index contributed by atoms with van der Waals surface area (Å²) >= 11 is 12.8. The van der Waals surface area contributed by atoms with E-state index >= 15 is 4.79 Å². The number of carbonyl (C=O) groups is 2. The van der Waals surface area contributed by atoms with Crippen molar-refractivity contribution in [1.82, 2.24) is 19.7 Å². The Morgan fingerprint density at radius 3 is 2.08 bits per heavy atom. The number of hydrogen-bond donors (Lipinski definition) is 0. The fourth-order valence-corrected chi connectivity index (χ4v) is 8.63. The van der Waals surface area contributed by atoms with Crippen molar-refractivity contribution in [2.24, 2.45) is 22.7 Å². The zero-order valence-electron chi connectivity index (χ0n) is 30.5. The average molecular weight is 733 g/mol. The van der Waals surface area contributed by atoms with E-state index in [4.69, 9.17) is 42.7 Å². The summed E-state index contributed by atoms with van der Waals surface area (Å²) in [6.07, 6.45) is 2.74. The standard InChI is InChI=1S/C40H47Cl2N5O4/c1-8-51-32-19-33(38(2,3)4)43-20-29(32)35-44-39(5,24-9-13-26(41)14-10-24)40(6,25-11-15-27(42)16-12-25)47(35)37(49)46-22-30-31(23-46)34(30)36(48)45-18-17-28(21-45)50-7/h9-16,19-20,28,30-31,34H,8,17-18,21-23H2,1-7H3/t28-,30-,31+,34?,39+,40-/m1/s1. The summed E-state index contributed by atoms with van der Waals surface area (Å²) in [5.41, 5.74) is 1.04. The van der Waals surface area contributed by atoms with Crippen LogP contribution in [0, 0.1) is 17.8 Å². The topological polar surface area (TPSA) is 87.6 Å². The molecule has 2 aromatic carbocycles. The minimum Gasteiger partial charge on any atom is -0.493 e. The molecule has 2 saturated heterocycles. The highest BCUT2D eigenvalue weighted by Crippen LogP contribution is 2.57. The highest BCUT2D eigenvalue weighted by molar-refractivity contribution is 6.30. The number of amidine groups is 1. The number of amides is 3. The summed E-state index contributed by atoms with van der Waals surface area (Å²) in [4.78, 5) is 44.9. The van der Waals surface area contributed by atoms with Crippen LogP contribution in [0.25, 0.3) is 0 Å². The summed E-state index contributed by atoms with van der Waals surface area (Å²) in [6.45, 7) is 15.2. The lowest BCUT2D eigenvalue weighted by atomic mass is 9.71. The van der Waals surface area contributed by atoms with Crippen molar-refractivity contribution < 1.29 is 19.1 Å². The Morgan fingerprint density at radius 2 is 1.53 bits per heavy atom. The van der Waals surface area contributed by atoms with Crippen LogP contribution < -0.4 is 4.74 Å². The number of aliphatic imine (C=N–C) groups is 1. The van der Waals surface area contributed by atoms with Crippen molar-refractivity contribution >= 4 is 41.0 Å². The number of ether oxygens (including phenoxy) is 2. The molecule has 9 nitrogen and oxygen atoms in total. The molecule has 3 fully saturated rings. The Bertz CT molecular complexity index is 1850. The number of nitrogens with zero attached hydrogens (tertiary/aromatic N) is 5. The molecule has 0 radical (unpaired) electrons. The normalized spacial score (nSPS) is 28.6. The molecule has 3 amide bonds. The Labute approximate surface area is 310 Å². The van der Waals surface area contributed by atoms with Crippen molar-refractivity contribution in [2.75, 3.05) is 39.9 Å². The molecule has 6 atom stereocenters. The smallest absolute Gasteiger partial charge is 0.326 e. The molecule has 1 saturated carbocycles. The van der Waals surface area contributed by atoms with Gasteiger partial charge in [0.1, 0.15) is 22.7 Å². The van der Waals surface area contributed by atoms with E-state index in [1.165, 1.54) is 0 Å². The molecule has 4 heterocycles. The number of hydrogen-bond acceptors (Lipinski definition) is 6. The van der Waals surface area contributed by atoms with Crippen LogP contribution in [0.3, 0.4) is 0 Å². The van der Waals surface area contributed by atoms with Gasteiger partial charge in [0.25, 0.3) is 0 Å². The molecule has 11 heteroatoms.